The summed E-state index contributed by atoms with van der Waals surface area (Å²) in [6.07, 6.45) is 7.93. The van der Waals surface area contributed by atoms with Gasteiger partial charge < -0.3 is 10.2 Å². The Morgan fingerprint density at radius 1 is 1.05 bits per heavy atom. The molecule has 2 amide bonds. The van der Waals surface area contributed by atoms with Crippen LogP contribution in [0.2, 0.25) is 10.0 Å². The topological polar surface area (TPSA) is 98.8 Å². The standard InChI is InChI=1S/C34H40Cl2N6O2/c1-21(2)22-8-12-34(13-9-22)40-30(25-16-26(35)18-27(36)17-25)32(44)42(34)28(10-11-33(3)14-15-33)23-4-6-24(7-5-23)31(43)37-19-29-38-20-39-41-29/h4-7,16-18,21-22,28H,8-15,19-20H2,1-3H3,(H,37,43)/t22?,28-,34?/m1/s1. The Morgan fingerprint density at radius 3 is 2.32 bits per heavy atom. The van der Waals surface area contributed by atoms with E-state index in [1.165, 1.54) is 12.8 Å². The summed E-state index contributed by atoms with van der Waals surface area (Å²) in [6, 6.07) is 12.7. The Labute approximate surface area is 269 Å². The number of aliphatic imine (C=N–C) groups is 2. The number of rotatable bonds is 10. The van der Waals surface area contributed by atoms with Crippen molar-refractivity contribution in [3.63, 3.8) is 0 Å². The van der Waals surface area contributed by atoms with Crippen LogP contribution in [0.1, 0.15) is 99.7 Å². The number of hydrogen-bond donors (Lipinski definition) is 1. The molecular weight excluding hydrogens is 595 g/mol. The lowest BCUT2D eigenvalue weighted by atomic mass is 9.75. The average Bonchev–Trinajstić information content (AvgIpc) is 3.38. The van der Waals surface area contributed by atoms with Crippen LogP contribution < -0.4 is 5.32 Å². The second-order valence-electron chi connectivity index (χ2n) is 13.5. The molecule has 6 rings (SSSR count). The maximum atomic E-state index is 14.6. The number of halogens is 2. The van der Waals surface area contributed by atoms with Gasteiger partial charge in [0.2, 0.25) is 0 Å². The Hall–Kier alpha value is -3.10. The third-order valence-electron chi connectivity index (χ3n) is 10.0. The van der Waals surface area contributed by atoms with E-state index in [1.807, 2.05) is 24.3 Å². The number of azo groups is 1. The SMILES string of the molecule is CC(C)C1CCC2(CC1)N=C(c1cc(Cl)cc(Cl)c1)C(=O)N2[C@H](CCC1(C)CC1)c1ccc(C(=O)NCC2=NCN=N2)cc1. The van der Waals surface area contributed by atoms with Gasteiger partial charge >= 0.3 is 0 Å². The first-order chi connectivity index (χ1) is 21.1. The summed E-state index contributed by atoms with van der Waals surface area (Å²) in [4.78, 5) is 39.0. The van der Waals surface area contributed by atoms with Gasteiger partial charge in [0.15, 0.2) is 12.5 Å². The van der Waals surface area contributed by atoms with Gasteiger partial charge in [-0.05, 0) is 105 Å². The highest BCUT2D eigenvalue weighted by Crippen LogP contribution is 2.53. The third-order valence-corrected chi connectivity index (χ3v) is 10.4. The molecule has 1 atom stereocenters. The molecule has 0 unspecified atom stereocenters. The molecule has 44 heavy (non-hydrogen) atoms. The number of nitrogens with zero attached hydrogens (tertiary/aromatic N) is 5. The van der Waals surface area contributed by atoms with Crippen molar-refractivity contribution in [3.05, 3.63) is 69.2 Å². The van der Waals surface area contributed by atoms with Gasteiger partial charge in [0.25, 0.3) is 11.8 Å². The molecule has 4 aliphatic rings. The van der Waals surface area contributed by atoms with Gasteiger partial charge in [0, 0.05) is 21.2 Å². The first-order valence-electron chi connectivity index (χ1n) is 15.7. The van der Waals surface area contributed by atoms with Gasteiger partial charge in [-0.25, -0.2) is 4.99 Å². The third kappa shape index (κ3) is 6.47. The van der Waals surface area contributed by atoms with Crippen LogP contribution in [-0.2, 0) is 4.79 Å². The van der Waals surface area contributed by atoms with E-state index in [2.05, 4.69) is 46.2 Å². The maximum absolute atomic E-state index is 14.6. The fraction of sp³-hybridized carbons (Fsp3) is 0.529. The van der Waals surface area contributed by atoms with Crippen LogP contribution in [0.15, 0.2) is 62.7 Å². The molecule has 10 heteroatoms. The number of carbonyl (C=O) groups excluding carboxylic acids is 2. The zero-order chi connectivity index (χ0) is 31.1. The zero-order valence-electron chi connectivity index (χ0n) is 25.7. The molecule has 2 aromatic rings. The minimum Gasteiger partial charge on any atom is -0.345 e. The fourth-order valence-corrected chi connectivity index (χ4v) is 7.43. The van der Waals surface area contributed by atoms with Gasteiger partial charge in [-0.2, -0.15) is 5.11 Å². The predicted octanol–water partition coefficient (Wildman–Crippen LogP) is 8.04. The van der Waals surface area contributed by atoms with Crippen molar-refractivity contribution in [2.75, 3.05) is 13.2 Å². The molecule has 0 bridgehead atoms. The van der Waals surface area contributed by atoms with Crippen molar-refractivity contribution in [2.45, 2.75) is 83.8 Å². The number of hydrogen-bond acceptors (Lipinski definition) is 6. The lowest BCUT2D eigenvalue weighted by molar-refractivity contribution is -0.133. The summed E-state index contributed by atoms with van der Waals surface area (Å²) in [5.74, 6) is 1.43. The van der Waals surface area contributed by atoms with Gasteiger partial charge in [0.05, 0.1) is 12.6 Å². The van der Waals surface area contributed by atoms with Crippen LogP contribution in [0.5, 0.6) is 0 Å². The number of carbonyl (C=O) groups is 2. The Bertz CT molecular complexity index is 1500. The van der Waals surface area contributed by atoms with Crippen LogP contribution >= 0.6 is 23.2 Å². The minimum atomic E-state index is -0.631. The van der Waals surface area contributed by atoms with Crippen molar-refractivity contribution < 1.29 is 9.59 Å². The van der Waals surface area contributed by atoms with E-state index in [4.69, 9.17) is 28.2 Å². The first-order valence-corrected chi connectivity index (χ1v) is 16.5. The molecule has 2 aliphatic heterocycles. The van der Waals surface area contributed by atoms with E-state index in [9.17, 15) is 9.59 Å². The van der Waals surface area contributed by atoms with E-state index >= 15 is 0 Å². The highest BCUT2D eigenvalue weighted by molar-refractivity contribution is 6.47. The molecular formula is C34H40Cl2N6O2. The minimum absolute atomic E-state index is 0.0781. The van der Waals surface area contributed by atoms with E-state index in [-0.39, 0.29) is 24.4 Å². The quantitative estimate of drug-likeness (QED) is 0.286. The Morgan fingerprint density at radius 2 is 1.73 bits per heavy atom. The highest BCUT2D eigenvalue weighted by Gasteiger charge is 2.52. The van der Waals surface area contributed by atoms with E-state index in [0.717, 1.165) is 44.1 Å². The van der Waals surface area contributed by atoms with Crippen LogP contribution in [0.3, 0.4) is 0 Å². The highest BCUT2D eigenvalue weighted by atomic mass is 35.5. The van der Waals surface area contributed by atoms with Crippen LogP contribution in [0.25, 0.3) is 0 Å². The maximum Gasteiger partial charge on any atom is 0.275 e. The molecule has 1 N–H and O–H groups in total. The molecule has 2 aliphatic carbocycles. The second kappa shape index (κ2) is 12.4. The molecule has 232 valence electrons. The number of amidine groups is 1. The summed E-state index contributed by atoms with van der Waals surface area (Å²) < 4.78 is 0. The van der Waals surface area contributed by atoms with Gasteiger partial charge in [-0.3, -0.25) is 14.6 Å². The molecule has 8 nitrogen and oxygen atoms in total. The summed E-state index contributed by atoms with van der Waals surface area (Å²) in [5, 5.41) is 11.6. The van der Waals surface area contributed by atoms with Crippen LogP contribution in [0, 0.1) is 17.3 Å². The summed E-state index contributed by atoms with van der Waals surface area (Å²) >= 11 is 12.8. The molecule has 2 aromatic carbocycles. The lowest BCUT2D eigenvalue weighted by Crippen LogP contribution is -2.51. The number of benzene rings is 2. The second-order valence-corrected chi connectivity index (χ2v) is 14.4. The van der Waals surface area contributed by atoms with Crippen molar-refractivity contribution in [1.29, 1.82) is 0 Å². The van der Waals surface area contributed by atoms with Crippen molar-refractivity contribution in [1.82, 2.24) is 10.2 Å². The van der Waals surface area contributed by atoms with E-state index < -0.39 is 5.66 Å². The van der Waals surface area contributed by atoms with E-state index in [1.54, 1.807) is 18.2 Å². The Kier molecular flexibility index (Phi) is 8.68. The molecule has 2 fully saturated rings. The molecule has 0 radical (unpaired) electrons. The van der Waals surface area contributed by atoms with Gasteiger partial charge in [-0.1, -0.05) is 56.1 Å². The number of nitrogens with one attached hydrogen (secondary N) is 1. The van der Waals surface area contributed by atoms with E-state index in [0.29, 0.717) is 56.6 Å². The molecule has 1 spiro atoms. The smallest absolute Gasteiger partial charge is 0.275 e. The first kappa shape index (κ1) is 30.9. The Balaban J connectivity index is 1.33. The molecule has 0 saturated heterocycles. The normalized spacial score (nSPS) is 24.5. The summed E-state index contributed by atoms with van der Waals surface area (Å²) in [5.41, 5.74) is 2.33. The van der Waals surface area contributed by atoms with Gasteiger partial charge in [0.1, 0.15) is 11.4 Å². The summed E-state index contributed by atoms with van der Waals surface area (Å²) in [7, 11) is 0. The fourth-order valence-electron chi connectivity index (χ4n) is 6.91. The number of amides is 2. The predicted molar refractivity (Wildman–Crippen MR) is 175 cm³/mol. The van der Waals surface area contributed by atoms with Gasteiger partial charge in [-0.15, -0.1) is 5.11 Å². The largest absolute Gasteiger partial charge is 0.345 e. The molecule has 2 saturated carbocycles. The van der Waals surface area contributed by atoms with Crippen molar-refractivity contribution >= 4 is 46.6 Å². The van der Waals surface area contributed by atoms with Crippen LogP contribution in [-0.4, -0.2) is 47.1 Å². The molecule has 0 aromatic heterocycles. The van der Waals surface area contributed by atoms with Crippen LogP contribution in [0.4, 0.5) is 0 Å². The zero-order valence-corrected chi connectivity index (χ0v) is 27.2. The van der Waals surface area contributed by atoms with Crippen molar-refractivity contribution in [3.8, 4) is 0 Å². The summed E-state index contributed by atoms with van der Waals surface area (Å²) in [6.45, 7) is 7.44. The molecule has 2 heterocycles. The lowest BCUT2D eigenvalue weighted by Gasteiger charge is -2.46. The monoisotopic (exact) mass is 634 g/mol. The average molecular weight is 636 g/mol. The van der Waals surface area contributed by atoms with Crippen molar-refractivity contribution in [2.24, 2.45) is 37.5 Å².